The Bertz CT molecular complexity index is 541. The molecule has 0 amide bonds. The molecule has 0 aromatic carbocycles. The Hall–Kier alpha value is -1.34. The van der Waals surface area contributed by atoms with Gasteiger partial charge in [0.05, 0.1) is 12.4 Å². The lowest BCUT2D eigenvalue weighted by Crippen LogP contribution is -2.07. The van der Waals surface area contributed by atoms with Crippen LogP contribution in [0.4, 0.5) is 5.95 Å². The molecule has 0 fully saturated rings. The van der Waals surface area contributed by atoms with Gasteiger partial charge in [-0.15, -0.1) is 11.3 Å². The standard InChI is InChI=1S/C10H11N3O2S2/c1-2-15-7(14)5-17-9-6-3-4-16-8(6)12-10(11)13-9/h3-4H,2,5H2,1H3,(H2,11,12,13). The smallest absolute Gasteiger partial charge is 0.316 e. The summed E-state index contributed by atoms with van der Waals surface area (Å²) in [7, 11) is 0. The highest BCUT2D eigenvalue weighted by Crippen LogP contribution is 2.29. The largest absolute Gasteiger partial charge is 0.465 e. The van der Waals surface area contributed by atoms with E-state index in [2.05, 4.69) is 9.97 Å². The van der Waals surface area contributed by atoms with Crippen LogP contribution in [0.15, 0.2) is 16.5 Å². The van der Waals surface area contributed by atoms with E-state index in [4.69, 9.17) is 10.5 Å². The Morgan fingerprint density at radius 3 is 3.18 bits per heavy atom. The van der Waals surface area contributed by atoms with E-state index in [9.17, 15) is 4.79 Å². The number of nitrogens with two attached hydrogens (primary N) is 1. The average molecular weight is 269 g/mol. The summed E-state index contributed by atoms with van der Waals surface area (Å²) in [5.41, 5.74) is 5.60. The molecule has 2 heterocycles. The molecule has 2 rings (SSSR count). The van der Waals surface area contributed by atoms with Crippen LogP contribution in [-0.2, 0) is 9.53 Å². The number of aromatic nitrogens is 2. The van der Waals surface area contributed by atoms with Crippen molar-refractivity contribution in [3.8, 4) is 0 Å². The summed E-state index contributed by atoms with van der Waals surface area (Å²) < 4.78 is 4.86. The number of fused-ring (bicyclic) bond motifs is 1. The Morgan fingerprint density at radius 2 is 2.41 bits per heavy atom. The summed E-state index contributed by atoms with van der Waals surface area (Å²) in [6.07, 6.45) is 0. The molecule has 0 spiro atoms. The zero-order chi connectivity index (χ0) is 12.3. The molecule has 0 aliphatic heterocycles. The van der Waals surface area contributed by atoms with Gasteiger partial charge in [-0.05, 0) is 18.4 Å². The minimum Gasteiger partial charge on any atom is -0.465 e. The van der Waals surface area contributed by atoms with Crippen LogP contribution in [0.2, 0.25) is 0 Å². The number of ether oxygens (including phenoxy) is 1. The maximum atomic E-state index is 11.3. The van der Waals surface area contributed by atoms with Gasteiger partial charge in [0.25, 0.3) is 0 Å². The van der Waals surface area contributed by atoms with Crippen LogP contribution in [0.1, 0.15) is 6.92 Å². The molecule has 17 heavy (non-hydrogen) atoms. The van der Waals surface area contributed by atoms with Crippen molar-refractivity contribution in [1.29, 1.82) is 0 Å². The zero-order valence-corrected chi connectivity index (χ0v) is 10.8. The Labute approximate surface area is 106 Å². The lowest BCUT2D eigenvalue weighted by Gasteiger charge is -2.03. The number of hydrogen-bond acceptors (Lipinski definition) is 7. The number of nitrogens with zero attached hydrogens (tertiary/aromatic N) is 2. The SMILES string of the molecule is CCOC(=O)CSc1nc(N)nc2sccc12. The van der Waals surface area contributed by atoms with E-state index in [1.54, 1.807) is 6.92 Å². The van der Waals surface area contributed by atoms with Crippen molar-refractivity contribution < 1.29 is 9.53 Å². The minimum atomic E-state index is -0.252. The number of carbonyl (C=O) groups is 1. The quantitative estimate of drug-likeness (QED) is 0.519. The molecule has 0 unspecified atom stereocenters. The summed E-state index contributed by atoms with van der Waals surface area (Å²) in [6.45, 7) is 2.17. The maximum Gasteiger partial charge on any atom is 0.316 e. The molecular formula is C10H11N3O2S2. The third-order valence-corrected chi connectivity index (χ3v) is 3.71. The summed E-state index contributed by atoms with van der Waals surface area (Å²) in [5.74, 6) is 0.208. The molecule has 0 radical (unpaired) electrons. The number of thioether (sulfide) groups is 1. The fraction of sp³-hybridized carbons (Fsp3) is 0.300. The first-order valence-corrected chi connectivity index (χ1v) is 6.86. The maximum absolute atomic E-state index is 11.3. The van der Waals surface area contributed by atoms with Crippen LogP contribution in [0, 0.1) is 0 Å². The molecule has 0 atom stereocenters. The van der Waals surface area contributed by atoms with Crippen molar-refractivity contribution in [2.75, 3.05) is 18.1 Å². The van der Waals surface area contributed by atoms with Crippen LogP contribution < -0.4 is 5.73 Å². The van der Waals surface area contributed by atoms with Crippen molar-refractivity contribution in [3.05, 3.63) is 11.4 Å². The molecule has 0 aliphatic rings. The monoisotopic (exact) mass is 269 g/mol. The fourth-order valence-electron chi connectivity index (χ4n) is 1.28. The summed E-state index contributed by atoms with van der Waals surface area (Å²) in [4.78, 5) is 20.3. The lowest BCUT2D eigenvalue weighted by molar-refractivity contribution is -0.139. The van der Waals surface area contributed by atoms with E-state index in [-0.39, 0.29) is 17.7 Å². The Kier molecular flexibility index (Phi) is 3.80. The molecule has 2 aromatic rings. The highest BCUT2D eigenvalue weighted by atomic mass is 32.2. The molecule has 0 aliphatic carbocycles. The van der Waals surface area contributed by atoms with Crippen LogP contribution in [0.3, 0.4) is 0 Å². The predicted octanol–water partition coefficient (Wildman–Crippen LogP) is 1.93. The number of nitrogen functional groups attached to an aromatic ring is 1. The number of thiophene rings is 1. The number of carbonyl (C=O) groups excluding carboxylic acids is 1. The number of hydrogen-bond donors (Lipinski definition) is 1. The number of anilines is 1. The van der Waals surface area contributed by atoms with Gasteiger partial charge in [-0.3, -0.25) is 4.79 Å². The Morgan fingerprint density at radius 1 is 1.59 bits per heavy atom. The second-order valence-corrected chi connectivity index (χ2v) is 4.98. The number of rotatable bonds is 4. The van der Waals surface area contributed by atoms with Crippen molar-refractivity contribution in [2.45, 2.75) is 11.9 Å². The van der Waals surface area contributed by atoms with E-state index < -0.39 is 0 Å². The minimum absolute atomic E-state index is 0.228. The number of esters is 1. The molecule has 5 nitrogen and oxygen atoms in total. The van der Waals surface area contributed by atoms with E-state index >= 15 is 0 Å². The third kappa shape index (κ3) is 2.86. The third-order valence-electron chi connectivity index (χ3n) is 1.94. The van der Waals surface area contributed by atoms with E-state index in [1.807, 2.05) is 11.4 Å². The molecule has 0 saturated carbocycles. The molecule has 0 bridgehead atoms. The van der Waals surface area contributed by atoms with Crippen molar-refractivity contribution >= 4 is 45.2 Å². The Balaban J connectivity index is 2.17. The van der Waals surface area contributed by atoms with Crippen LogP contribution in [-0.4, -0.2) is 28.3 Å². The highest BCUT2D eigenvalue weighted by molar-refractivity contribution is 8.00. The van der Waals surface area contributed by atoms with Gasteiger partial charge in [0.15, 0.2) is 0 Å². The predicted molar refractivity (Wildman–Crippen MR) is 69.2 cm³/mol. The normalized spacial score (nSPS) is 10.6. The van der Waals surface area contributed by atoms with Crippen LogP contribution in [0.25, 0.3) is 10.2 Å². The second-order valence-electron chi connectivity index (χ2n) is 3.12. The van der Waals surface area contributed by atoms with Crippen LogP contribution >= 0.6 is 23.1 Å². The lowest BCUT2D eigenvalue weighted by atomic mass is 10.4. The fourth-order valence-corrected chi connectivity index (χ4v) is 2.94. The second kappa shape index (κ2) is 5.33. The van der Waals surface area contributed by atoms with Crippen molar-refractivity contribution in [3.63, 3.8) is 0 Å². The first-order chi connectivity index (χ1) is 8.20. The van der Waals surface area contributed by atoms with Gasteiger partial charge in [-0.25, -0.2) is 9.97 Å². The van der Waals surface area contributed by atoms with Gasteiger partial charge >= 0.3 is 5.97 Å². The summed E-state index contributed by atoms with van der Waals surface area (Å²) in [6, 6.07) is 1.92. The molecule has 90 valence electrons. The average Bonchev–Trinajstić information content (AvgIpc) is 2.74. The van der Waals surface area contributed by atoms with Gasteiger partial charge in [0, 0.05) is 5.39 Å². The highest BCUT2D eigenvalue weighted by Gasteiger charge is 2.10. The molecule has 2 N–H and O–H groups in total. The van der Waals surface area contributed by atoms with Crippen LogP contribution in [0.5, 0.6) is 0 Å². The topological polar surface area (TPSA) is 78.1 Å². The first-order valence-electron chi connectivity index (χ1n) is 5.00. The van der Waals surface area contributed by atoms with E-state index in [0.29, 0.717) is 6.61 Å². The summed E-state index contributed by atoms with van der Waals surface area (Å²) >= 11 is 2.82. The molecule has 2 aromatic heterocycles. The molecule has 7 heteroatoms. The van der Waals surface area contributed by atoms with Crippen molar-refractivity contribution in [2.24, 2.45) is 0 Å². The van der Waals surface area contributed by atoms with Gasteiger partial charge in [0.1, 0.15) is 9.86 Å². The molecular weight excluding hydrogens is 258 g/mol. The zero-order valence-electron chi connectivity index (χ0n) is 9.17. The van der Waals surface area contributed by atoms with E-state index in [0.717, 1.165) is 15.2 Å². The molecule has 0 saturated heterocycles. The van der Waals surface area contributed by atoms with Crippen molar-refractivity contribution in [1.82, 2.24) is 9.97 Å². The van der Waals surface area contributed by atoms with Gasteiger partial charge in [-0.1, -0.05) is 11.8 Å². The first kappa shape index (κ1) is 12.1. The van der Waals surface area contributed by atoms with Gasteiger partial charge < -0.3 is 10.5 Å². The van der Waals surface area contributed by atoms with Gasteiger partial charge in [0.2, 0.25) is 5.95 Å². The van der Waals surface area contributed by atoms with Gasteiger partial charge in [-0.2, -0.15) is 0 Å². The summed E-state index contributed by atoms with van der Waals surface area (Å²) in [5, 5.41) is 3.58. The van der Waals surface area contributed by atoms with E-state index in [1.165, 1.54) is 23.1 Å².